The first-order chi connectivity index (χ1) is 13.9. The number of piperidine rings is 1. The molecule has 11 heteroatoms. The van der Waals surface area contributed by atoms with E-state index in [-0.39, 0.29) is 47.2 Å². The van der Waals surface area contributed by atoms with E-state index in [1.165, 1.54) is 7.11 Å². The average Bonchev–Trinajstić information content (AvgIpc) is 2.69. The molecule has 0 aromatic heterocycles. The number of nitrogens with zero attached hydrogens (tertiary/aromatic N) is 2. The van der Waals surface area contributed by atoms with Crippen LogP contribution in [0.15, 0.2) is 34.2 Å². The van der Waals surface area contributed by atoms with Crippen LogP contribution in [-0.2, 0) is 26.1 Å². The summed E-state index contributed by atoms with van der Waals surface area (Å²) in [4.78, 5) is 17.9. The maximum Gasteiger partial charge on any atom is 0.240 e. The van der Waals surface area contributed by atoms with Crippen LogP contribution < -0.4 is 15.8 Å². The number of carbonyl (C=O) groups excluding carboxylic acids is 1. The molecule has 1 aromatic carbocycles. The number of carbonyl (C=O) groups is 1. The van der Waals surface area contributed by atoms with E-state index in [1.807, 2.05) is 6.07 Å². The van der Waals surface area contributed by atoms with Crippen LogP contribution in [0.3, 0.4) is 0 Å². The van der Waals surface area contributed by atoms with Gasteiger partial charge in [0.05, 0.1) is 11.5 Å². The highest BCUT2D eigenvalue weighted by molar-refractivity contribution is 14.0. The number of nitrogens with one attached hydrogen (secondary N) is 2. The fourth-order valence-electron chi connectivity index (χ4n) is 3.41. The van der Waals surface area contributed by atoms with E-state index in [4.69, 9.17) is 10.5 Å². The van der Waals surface area contributed by atoms with Crippen LogP contribution in [0.25, 0.3) is 0 Å². The zero-order valence-electron chi connectivity index (χ0n) is 17.5. The van der Waals surface area contributed by atoms with Gasteiger partial charge in [0.15, 0.2) is 5.96 Å². The third-order valence-corrected chi connectivity index (χ3v) is 6.24. The second-order valence-electron chi connectivity index (χ2n) is 7.06. The summed E-state index contributed by atoms with van der Waals surface area (Å²) in [5.41, 5.74) is 6.16. The number of halogens is 1. The van der Waals surface area contributed by atoms with Gasteiger partial charge >= 0.3 is 0 Å². The van der Waals surface area contributed by atoms with Crippen LogP contribution in [0.5, 0.6) is 0 Å². The van der Waals surface area contributed by atoms with Gasteiger partial charge in [0.25, 0.3) is 0 Å². The fourth-order valence-corrected chi connectivity index (χ4v) is 4.49. The zero-order chi connectivity index (χ0) is 21.3. The van der Waals surface area contributed by atoms with Gasteiger partial charge in [-0.05, 0) is 36.5 Å². The summed E-state index contributed by atoms with van der Waals surface area (Å²) in [5.74, 6) is 0.675. The number of primary amides is 1. The number of hydrogen-bond donors (Lipinski definition) is 3. The lowest BCUT2D eigenvalue weighted by atomic mass is 9.95. The number of benzene rings is 1. The Kier molecular flexibility index (Phi) is 11.6. The zero-order valence-corrected chi connectivity index (χ0v) is 20.6. The predicted molar refractivity (Wildman–Crippen MR) is 127 cm³/mol. The van der Waals surface area contributed by atoms with Crippen molar-refractivity contribution in [1.82, 2.24) is 14.9 Å². The molecule has 0 saturated carbocycles. The van der Waals surface area contributed by atoms with Crippen molar-refractivity contribution in [3.05, 3.63) is 29.8 Å². The van der Waals surface area contributed by atoms with Gasteiger partial charge < -0.3 is 20.7 Å². The van der Waals surface area contributed by atoms with E-state index in [0.717, 1.165) is 37.5 Å². The van der Waals surface area contributed by atoms with Crippen molar-refractivity contribution in [3.8, 4) is 0 Å². The third kappa shape index (κ3) is 8.36. The Hall–Kier alpha value is -1.44. The van der Waals surface area contributed by atoms with Crippen molar-refractivity contribution in [1.29, 1.82) is 0 Å². The SMILES string of the molecule is CN=C(NCc1cccc(S(=O)(=O)NCCOC)c1)N1CCCC(CC(N)=O)C1.I. The van der Waals surface area contributed by atoms with Gasteiger partial charge in [-0.2, -0.15) is 0 Å². The van der Waals surface area contributed by atoms with Gasteiger partial charge in [-0.1, -0.05) is 12.1 Å². The highest BCUT2D eigenvalue weighted by atomic mass is 127. The fraction of sp³-hybridized carbons (Fsp3) is 0.579. The lowest BCUT2D eigenvalue weighted by molar-refractivity contribution is -0.119. The van der Waals surface area contributed by atoms with Crippen LogP contribution in [0.2, 0.25) is 0 Å². The van der Waals surface area contributed by atoms with Crippen molar-refractivity contribution in [2.45, 2.75) is 30.7 Å². The molecule has 2 rings (SSSR count). The Morgan fingerprint density at radius 1 is 1.40 bits per heavy atom. The number of rotatable bonds is 9. The number of guanidine groups is 1. The molecule has 1 aliphatic rings. The van der Waals surface area contributed by atoms with E-state index < -0.39 is 10.0 Å². The summed E-state index contributed by atoms with van der Waals surface area (Å²) in [7, 11) is -0.352. The van der Waals surface area contributed by atoms with Crippen molar-refractivity contribution in [3.63, 3.8) is 0 Å². The number of nitrogens with two attached hydrogens (primary N) is 1. The van der Waals surface area contributed by atoms with Crippen molar-refractivity contribution in [2.75, 3.05) is 40.4 Å². The lowest BCUT2D eigenvalue weighted by Crippen LogP contribution is -2.46. The molecule has 1 heterocycles. The number of aliphatic imine (C=N–C) groups is 1. The summed E-state index contributed by atoms with van der Waals surface area (Å²) in [6.45, 7) is 2.54. The number of amides is 1. The van der Waals surface area contributed by atoms with E-state index in [9.17, 15) is 13.2 Å². The standard InChI is InChI=1S/C19H31N5O4S.HI/c1-21-19(24-9-4-6-16(14-24)12-18(20)25)22-13-15-5-3-7-17(11-15)29(26,27)23-8-10-28-2;/h3,5,7,11,16,23H,4,6,8-10,12-14H2,1-2H3,(H2,20,25)(H,21,22);1H. The van der Waals surface area contributed by atoms with Crippen LogP contribution in [0, 0.1) is 5.92 Å². The van der Waals surface area contributed by atoms with Gasteiger partial charge in [-0.15, -0.1) is 24.0 Å². The number of methoxy groups -OCH3 is 1. The van der Waals surface area contributed by atoms with Gasteiger partial charge in [-0.25, -0.2) is 13.1 Å². The molecule has 1 amide bonds. The molecule has 1 unspecified atom stereocenters. The Morgan fingerprint density at radius 2 is 2.17 bits per heavy atom. The van der Waals surface area contributed by atoms with E-state index in [0.29, 0.717) is 19.6 Å². The molecule has 9 nitrogen and oxygen atoms in total. The van der Waals surface area contributed by atoms with Crippen molar-refractivity contribution in [2.24, 2.45) is 16.6 Å². The quantitative estimate of drug-likeness (QED) is 0.181. The molecular formula is C19H32IN5O4S. The first-order valence-corrected chi connectivity index (χ1v) is 11.2. The second-order valence-corrected chi connectivity index (χ2v) is 8.83. The predicted octanol–water partition coefficient (Wildman–Crippen LogP) is 0.892. The highest BCUT2D eigenvalue weighted by Gasteiger charge is 2.23. The Bertz CT molecular complexity index is 819. The summed E-state index contributed by atoms with van der Waals surface area (Å²) in [5, 5.41) is 3.28. The third-order valence-electron chi connectivity index (χ3n) is 4.78. The minimum Gasteiger partial charge on any atom is -0.383 e. The molecule has 4 N–H and O–H groups in total. The Morgan fingerprint density at radius 3 is 2.83 bits per heavy atom. The molecule has 1 saturated heterocycles. The molecule has 0 radical (unpaired) electrons. The van der Waals surface area contributed by atoms with Crippen LogP contribution >= 0.6 is 24.0 Å². The van der Waals surface area contributed by atoms with Gasteiger partial charge in [0, 0.05) is 46.8 Å². The van der Waals surface area contributed by atoms with Crippen LogP contribution in [-0.4, -0.2) is 65.6 Å². The molecule has 0 bridgehead atoms. The smallest absolute Gasteiger partial charge is 0.240 e. The Balaban J connectivity index is 0.00000450. The number of likely N-dealkylation sites (tertiary alicyclic amines) is 1. The Labute approximate surface area is 195 Å². The van der Waals surface area contributed by atoms with Gasteiger partial charge in [0.1, 0.15) is 0 Å². The molecule has 0 aliphatic carbocycles. The normalized spacial score (nSPS) is 17.3. The maximum absolute atomic E-state index is 12.4. The average molecular weight is 553 g/mol. The van der Waals surface area contributed by atoms with E-state index >= 15 is 0 Å². The number of sulfonamides is 1. The van der Waals surface area contributed by atoms with E-state index in [1.54, 1.807) is 25.2 Å². The lowest BCUT2D eigenvalue weighted by Gasteiger charge is -2.34. The topological polar surface area (TPSA) is 126 Å². The summed E-state index contributed by atoms with van der Waals surface area (Å²) >= 11 is 0. The van der Waals surface area contributed by atoms with Crippen molar-refractivity contribution < 1.29 is 17.9 Å². The second kappa shape index (κ2) is 13.1. The van der Waals surface area contributed by atoms with E-state index in [2.05, 4.69) is 19.9 Å². The van der Waals surface area contributed by atoms with Crippen LogP contribution in [0.1, 0.15) is 24.8 Å². The minimum atomic E-state index is -3.58. The molecule has 1 fully saturated rings. The maximum atomic E-state index is 12.4. The minimum absolute atomic E-state index is 0. The van der Waals surface area contributed by atoms with Crippen LogP contribution in [0.4, 0.5) is 0 Å². The molecule has 1 aromatic rings. The molecule has 1 atom stereocenters. The molecule has 170 valence electrons. The van der Waals surface area contributed by atoms with Gasteiger partial charge in [0.2, 0.25) is 15.9 Å². The summed E-state index contributed by atoms with van der Waals surface area (Å²) in [6, 6.07) is 6.78. The summed E-state index contributed by atoms with van der Waals surface area (Å²) in [6.07, 6.45) is 2.33. The number of ether oxygens (including phenoxy) is 1. The molecule has 1 aliphatic heterocycles. The number of hydrogen-bond acceptors (Lipinski definition) is 5. The van der Waals surface area contributed by atoms with Crippen molar-refractivity contribution >= 4 is 45.9 Å². The summed E-state index contributed by atoms with van der Waals surface area (Å²) < 4.78 is 32.1. The molecule has 0 spiro atoms. The molecule has 30 heavy (non-hydrogen) atoms. The highest BCUT2D eigenvalue weighted by Crippen LogP contribution is 2.19. The first kappa shape index (κ1) is 26.6. The first-order valence-electron chi connectivity index (χ1n) is 9.67. The monoisotopic (exact) mass is 553 g/mol. The largest absolute Gasteiger partial charge is 0.383 e. The van der Waals surface area contributed by atoms with Gasteiger partial charge in [-0.3, -0.25) is 9.79 Å². The molecular weight excluding hydrogens is 521 g/mol.